The van der Waals surface area contributed by atoms with Crippen molar-refractivity contribution in [3.8, 4) is 6.01 Å². The Bertz CT molecular complexity index is 1100. The molecule has 0 atom stereocenters. The molecular formula is C22H21F6N5O. The molecule has 1 aromatic heterocycles. The Morgan fingerprint density at radius 1 is 0.824 bits per heavy atom. The van der Waals surface area contributed by atoms with Crippen molar-refractivity contribution < 1.29 is 31.1 Å². The molecule has 0 spiro atoms. The SMILES string of the molecule is CCCCOc1nc(NCc2cccc(C(F)(F)F)c2)nc(Nc2cccc(C(F)(F)F)c2)n1. The molecule has 182 valence electrons. The van der Waals surface area contributed by atoms with Crippen LogP contribution in [0.1, 0.15) is 36.5 Å². The van der Waals surface area contributed by atoms with Gasteiger partial charge in [0.1, 0.15) is 0 Å². The molecule has 0 saturated heterocycles. The maximum absolute atomic E-state index is 13.0. The molecule has 0 fully saturated rings. The third-order valence-electron chi connectivity index (χ3n) is 4.49. The molecule has 2 N–H and O–H groups in total. The van der Waals surface area contributed by atoms with E-state index in [0.29, 0.717) is 12.2 Å². The second-order valence-corrected chi connectivity index (χ2v) is 7.22. The standard InChI is InChI=1S/C22H21F6N5O/c1-2-3-10-34-20-32-18(29-13-14-6-4-7-15(11-14)21(23,24)25)31-19(33-20)30-17-9-5-8-16(12-17)22(26,27)28/h4-9,11-12H,2-3,10,13H2,1H3,(H2,29,30,31,32,33). The highest BCUT2D eigenvalue weighted by atomic mass is 19.4. The second kappa shape index (κ2) is 10.6. The van der Waals surface area contributed by atoms with E-state index >= 15 is 0 Å². The summed E-state index contributed by atoms with van der Waals surface area (Å²) in [5, 5.41) is 5.49. The van der Waals surface area contributed by atoms with Gasteiger partial charge in [0.2, 0.25) is 11.9 Å². The lowest BCUT2D eigenvalue weighted by molar-refractivity contribution is -0.138. The van der Waals surface area contributed by atoms with E-state index in [1.54, 1.807) is 0 Å². The summed E-state index contributed by atoms with van der Waals surface area (Å²) in [6.07, 6.45) is -7.44. The first kappa shape index (κ1) is 25.1. The summed E-state index contributed by atoms with van der Waals surface area (Å²) >= 11 is 0. The summed E-state index contributed by atoms with van der Waals surface area (Å²) < 4.78 is 83.3. The highest BCUT2D eigenvalue weighted by Gasteiger charge is 2.31. The summed E-state index contributed by atoms with van der Waals surface area (Å²) in [5.41, 5.74) is -1.23. The summed E-state index contributed by atoms with van der Waals surface area (Å²) in [5.74, 6) is -0.110. The third-order valence-corrected chi connectivity index (χ3v) is 4.49. The van der Waals surface area contributed by atoms with Gasteiger partial charge in [-0.2, -0.15) is 41.3 Å². The minimum Gasteiger partial charge on any atom is -0.463 e. The molecule has 0 bridgehead atoms. The number of nitrogens with one attached hydrogen (secondary N) is 2. The van der Waals surface area contributed by atoms with Crippen molar-refractivity contribution in [3.05, 3.63) is 65.2 Å². The van der Waals surface area contributed by atoms with E-state index in [-0.39, 0.29) is 30.1 Å². The number of aromatic nitrogens is 3. The van der Waals surface area contributed by atoms with Crippen LogP contribution in [0.3, 0.4) is 0 Å². The molecule has 0 aliphatic carbocycles. The fourth-order valence-corrected chi connectivity index (χ4v) is 2.80. The molecule has 1 heterocycles. The molecule has 6 nitrogen and oxygen atoms in total. The van der Waals surface area contributed by atoms with E-state index in [0.717, 1.165) is 37.1 Å². The van der Waals surface area contributed by atoms with Crippen LogP contribution in [0.15, 0.2) is 48.5 Å². The second-order valence-electron chi connectivity index (χ2n) is 7.22. The first-order valence-corrected chi connectivity index (χ1v) is 10.3. The average molecular weight is 485 g/mol. The number of alkyl halides is 6. The van der Waals surface area contributed by atoms with Crippen molar-refractivity contribution in [2.75, 3.05) is 17.2 Å². The van der Waals surface area contributed by atoms with E-state index in [4.69, 9.17) is 4.74 Å². The molecule has 12 heteroatoms. The Morgan fingerprint density at radius 3 is 2.15 bits per heavy atom. The molecule has 3 rings (SSSR count). The van der Waals surface area contributed by atoms with E-state index in [2.05, 4.69) is 25.6 Å². The lowest BCUT2D eigenvalue weighted by atomic mass is 10.1. The van der Waals surface area contributed by atoms with Gasteiger partial charge in [0.15, 0.2) is 0 Å². The Kier molecular flexibility index (Phi) is 7.79. The Hall–Kier alpha value is -3.57. The highest BCUT2D eigenvalue weighted by Crippen LogP contribution is 2.32. The zero-order valence-electron chi connectivity index (χ0n) is 18.0. The Labute approximate surface area is 191 Å². The summed E-state index contributed by atoms with van der Waals surface area (Å²) in [7, 11) is 0. The van der Waals surface area contributed by atoms with E-state index in [1.165, 1.54) is 24.3 Å². The van der Waals surface area contributed by atoms with Crippen molar-refractivity contribution in [3.63, 3.8) is 0 Å². The molecular weight excluding hydrogens is 464 g/mol. The minimum absolute atomic E-state index is 0.0200. The molecule has 34 heavy (non-hydrogen) atoms. The first-order valence-electron chi connectivity index (χ1n) is 10.3. The fraction of sp³-hybridized carbons (Fsp3) is 0.318. The predicted octanol–water partition coefficient (Wildman–Crippen LogP) is 6.44. The lowest BCUT2D eigenvalue weighted by Crippen LogP contribution is -2.11. The number of nitrogens with zero attached hydrogens (tertiary/aromatic N) is 3. The van der Waals surface area contributed by atoms with E-state index in [9.17, 15) is 26.3 Å². The van der Waals surface area contributed by atoms with E-state index < -0.39 is 23.5 Å². The number of hydrogen-bond acceptors (Lipinski definition) is 6. The molecule has 0 saturated carbocycles. The van der Waals surface area contributed by atoms with Crippen molar-refractivity contribution in [1.29, 1.82) is 0 Å². The molecule has 0 amide bonds. The van der Waals surface area contributed by atoms with Crippen LogP contribution in [-0.2, 0) is 18.9 Å². The Balaban J connectivity index is 1.82. The van der Waals surface area contributed by atoms with Crippen LogP contribution in [0.4, 0.5) is 43.9 Å². The minimum atomic E-state index is -4.52. The number of benzene rings is 2. The number of anilines is 3. The van der Waals surface area contributed by atoms with Gasteiger partial charge in [0.05, 0.1) is 17.7 Å². The van der Waals surface area contributed by atoms with Crippen LogP contribution in [0.2, 0.25) is 0 Å². The van der Waals surface area contributed by atoms with Gasteiger partial charge < -0.3 is 15.4 Å². The quantitative estimate of drug-likeness (QED) is 0.268. The molecule has 0 unspecified atom stereocenters. The average Bonchev–Trinajstić information content (AvgIpc) is 2.77. The van der Waals surface area contributed by atoms with Crippen LogP contribution in [0.5, 0.6) is 6.01 Å². The number of ether oxygens (including phenoxy) is 1. The number of halogens is 6. The van der Waals surface area contributed by atoms with Gasteiger partial charge >= 0.3 is 18.4 Å². The van der Waals surface area contributed by atoms with Crippen molar-refractivity contribution >= 4 is 17.6 Å². The number of hydrogen-bond donors (Lipinski definition) is 2. The molecule has 2 aromatic carbocycles. The maximum Gasteiger partial charge on any atom is 0.416 e. The topological polar surface area (TPSA) is 72.0 Å². The van der Waals surface area contributed by atoms with Crippen LogP contribution in [-0.4, -0.2) is 21.6 Å². The van der Waals surface area contributed by atoms with Crippen LogP contribution in [0.25, 0.3) is 0 Å². The first-order chi connectivity index (χ1) is 16.0. The van der Waals surface area contributed by atoms with Gasteiger partial charge in [-0.05, 0) is 42.3 Å². The smallest absolute Gasteiger partial charge is 0.416 e. The third kappa shape index (κ3) is 7.22. The lowest BCUT2D eigenvalue weighted by Gasteiger charge is -2.13. The van der Waals surface area contributed by atoms with E-state index in [1.807, 2.05) is 6.92 Å². The van der Waals surface area contributed by atoms with Crippen LogP contribution < -0.4 is 15.4 Å². The predicted molar refractivity (Wildman–Crippen MR) is 114 cm³/mol. The van der Waals surface area contributed by atoms with Gasteiger partial charge in [-0.25, -0.2) is 0 Å². The molecule has 0 aliphatic rings. The van der Waals surface area contributed by atoms with Gasteiger partial charge in [-0.15, -0.1) is 0 Å². The zero-order chi connectivity index (χ0) is 24.8. The monoisotopic (exact) mass is 485 g/mol. The van der Waals surface area contributed by atoms with Gasteiger partial charge in [0, 0.05) is 12.2 Å². The normalized spacial score (nSPS) is 11.9. The van der Waals surface area contributed by atoms with Gasteiger partial charge in [-0.3, -0.25) is 0 Å². The fourth-order valence-electron chi connectivity index (χ4n) is 2.80. The van der Waals surface area contributed by atoms with Gasteiger partial charge in [-0.1, -0.05) is 31.5 Å². The van der Waals surface area contributed by atoms with Crippen molar-refractivity contribution in [1.82, 2.24) is 15.0 Å². The number of unbranched alkanes of at least 4 members (excludes halogenated alkanes) is 1. The van der Waals surface area contributed by atoms with Crippen LogP contribution >= 0.6 is 0 Å². The summed E-state index contributed by atoms with van der Waals surface area (Å²) in [6, 6.07) is 9.14. The largest absolute Gasteiger partial charge is 0.463 e. The van der Waals surface area contributed by atoms with Gasteiger partial charge in [0.25, 0.3) is 0 Å². The zero-order valence-corrected chi connectivity index (χ0v) is 18.0. The molecule has 0 aliphatic heterocycles. The highest BCUT2D eigenvalue weighted by molar-refractivity contribution is 5.56. The maximum atomic E-state index is 13.0. The summed E-state index contributed by atoms with van der Waals surface area (Å²) in [6.45, 7) is 2.22. The van der Waals surface area contributed by atoms with Crippen molar-refractivity contribution in [2.45, 2.75) is 38.7 Å². The number of rotatable bonds is 9. The summed E-state index contributed by atoms with van der Waals surface area (Å²) in [4.78, 5) is 12.3. The Morgan fingerprint density at radius 2 is 1.47 bits per heavy atom. The van der Waals surface area contributed by atoms with Crippen LogP contribution in [0, 0.1) is 0 Å². The van der Waals surface area contributed by atoms with Crippen molar-refractivity contribution in [2.24, 2.45) is 0 Å². The molecule has 3 aromatic rings. The molecule has 0 radical (unpaired) electrons.